The van der Waals surface area contributed by atoms with Gasteiger partial charge in [-0.3, -0.25) is 0 Å². The Balaban J connectivity index is 1.95. The lowest BCUT2D eigenvalue weighted by Crippen LogP contribution is -2.50. The van der Waals surface area contributed by atoms with Crippen molar-refractivity contribution in [2.24, 2.45) is 0 Å². The Morgan fingerprint density at radius 2 is 2.12 bits per heavy atom. The molecule has 1 aliphatic rings. The normalized spacial score (nSPS) is 19.1. The molecule has 2 rings (SSSR count). The molecule has 0 radical (unpaired) electrons. The molecule has 1 aliphatic heterocycles. The molecular formula is C13H18ClNO2. The van der Waals surface area contributed by atoms with Gasteiger partial charge < -0.3 is 15.2 Å². The van der Waals surface area contributed by atoms with Crippen molar-refractivity contribution < 1.29 is 9.84 Å². The summed E-state index contributed by atoms with van der Waals surface area (Å²) in [6, 6.07) is 7.29. The molecule has 0 saturated carbocycles. The highest BCUT2D eigenvalue weighted by molar-refractivity contribution is 6.18. The van der Waals surface area contributed by atoms with Gasteiger partial charge in [0.1, 0.15) is 5.75 Å². The Labute approximate surface area is 107 Å². The van der Waals surface area contributed by atoms with Crippen LogP contribution in [0, 0.1) is 0 Å². The number of phenolic OH excluding ortho intramolecular Hbond substituents is 1. The average molecular weight is 256 g/mol. The molecule has 1 saturated heterocycles. The van der Waals surface area contributed by atoms with Gasteiger partial charge in [-0.2, -0.15) is 0 Å². The smallest absolute Gasteiger partial charge is 0.115 e. The standard InChI is InChI=1S/C13H18ClNO2/c14-10-13(4-6-17-7-5-13)15-9-11-2-1-3-12(16)8-11/h1-3,8,15-16H,4-7,9-10H2. The predicted octanol–water partition coefficient (Wildman–Crippen LogP) is 2.27. The Kier molecular flexibility index (Phi) is 4.26. The van der Waals surface area contributed by atoms with E-state index >= 15 is 0 Å². The van der Waals surface area contributed by atoms with E-state index in [0.29, 0.717) is 11.6 Å². The molecule has 4 heteroatoms. The van der Waals surface area contributed by atoms with Crippen molar-refractivity contribution in [3.8, 4) is 5.75 Å². The van der Waals surface area contributed by atoms with Gasteiger partial charge in [-0.1, -0.05) is 12.1 Å². The monoisotopic (exact) mass is 255 g/mol. The minimum atomic E-state index is -0.0226. The molecule has 0 unspecified atom stereocenters. The van der Waals surface area contributed by atoms with Gasteiger partial charge in [-0.15, -0.1) is 11.6 Å². The number of rotatable bonds is 4. The lowest BCUT2D eigenvalue weighted by atomic mass is 9.92. The van der Waals surface area contributed by atoms with Crippen molar-refractivity contribution in [2.75, 3.05) is 19.1 Å². The molecule has 1 aromatic rings. The van der Waals surface area contributed by atoms with E-state index in [1.807, 2.05) is 12.1 Å². The molecule has 1 fully saturated rings. The number of halogens is 1. The fraction of sp³-hybridized carbons (Fsp3) is 0.538. The van der Waals surface area contributed by atoms with Gasteiger partial charge in [-0.25, -0.2) is 0 Å². The van der Waals surface area contributed by atoms with Crippen molar-refractivity contribution in [3.05, 3.63) is 29.8 Å². The van der Waals surface area contributed by atoms with Crippen LogP contribution in [-0.4, -0.2) is 29.7 Å². The van der Waals surface area contributed by atoms with E-state index in [1.54, 1.807) is 12.1 Å². The highest BCUT2D eigenvalue weighted by Crippen LogP contribution is 2.23. The average Bonchev–Trinajstić information content (AvgIpc) is 2.38. The number of alkyl halides is 1. The summed E-state index contributed by atoms with van der Waals surface area (Å²) in [7, 11) is 0. The van der Waals surface area contributed by atoms with Gasteiger partial charge >= 0.3 is 0 Å². The summed E-state index contributed by atoms with van der Waals surface area (Å²) >= 11 is 6.07. The zero-order valence-electron chi connectivity index (χ0n) is 9.79. The van der Waals surface area contributed by atoms with E-state index in [2.05, 4.69) is 5.32 Å². The SMILES string of the molecule is Oc1cccc(CNC2(CCl)CCOCC2)c1. The Morgan fingerprint density at radius 3 is 2.76 bits per heavy atom. The molecule has 17 heavy (non-hydrogen) atoms. The van der Waals surface area contributed by atoms with Crippen molar-refractivity contribution in [1.82, 2.24) is 5.32 Å². The Morgan fingerprint density at radius 1 is 1.35 bits per heavy atom. The third-order valence-corrected chi connectivity index (χ3v) is 3.80. The third kappa shape index (κ3) is 3.35. The Bertz CT molecular complexity index is 364. The topological polar surface area (TPSA) is 41.5 Å². The van der Waals surface area contributed by atoms with Gasteiger partial charge in [0.2, 0.25) is 0 Å². The van der Waals surface area contributed by atoms with Crippen molar-refractivity contribution in [3.63, 3.8) is 0 Å². The third-order valence-electron chi connectivity index (χ3n) is 3.28. The quantitative estimate of drug-likeness (QED) is 0.811. The molecule has 3 nitrogen and oxygen atoms in total. The first-order valence-electron chi connectivity index (χ1n) is 5.91. The van der Waals surface area contributed by atoms with Crippen LogP contribution in [0.3, 0.4) is 0 Å². The summed E-state index contributed by atoms with van der Waals surface area (Å²) < 4.78 is 5.36. The van der Waals surface area contributed by atoms with Crippen LogP contribution < -0.4 is 5.32 Å². The highest BCUT2D eigenvalue weighted by atomic mass is 35.5. The summed E-state index contributed by atoms with van der Waals surface area (Å²) in [6.07, 6.45) is 1.88. The highest BCUT2D eigenvalue weighted by Gasteiger charge is 2.30. The molecular weight excluding hydrogens is 238 g/mol. The maximum atomic E-state index is 9.40. The minimum Gasteiger partial charge on any atom is -0.508 e. The van der Waals surface area contributed by atoms with Crippen LogP contribution in [0.25, 0.3) is 0 Å². The number of hydrogen-bond acceptors (Lipinski definition) is 3. The Hall–Kier alpha value is -0.770. The van der Waals surface area contributed by atoms with Gasteiger partial charge in [0.15, 0.2) is 0 Å². The number of hydrogen-bond donors (Lipinski definition) is 2. The molecule has 0 amide bonds. The molecule has 0 spiro atoms. The van der Waals surface area contributed by atoms with Crippen molar-refractivity contribution in [2.45, 2.75) is 24.9 Å². The molecule has 2 N–H and O–H groups in total. The number of ether oxygens (including phenoxy) is 1. The number of aromatic hydroxyl groups is 1. The zero-order valence-corrected chi connectivity index (χ0v) is 10.5. The predicted molar refractivity (Wildman–Crippen MR) is 68.5 cm³/mol. The van der Waals surface area contributed by atoms with Crippen molar-refractivity contribution >= 4 is 11.6 Å². The molecule has 1 heterocycles. The fourth-order valence-corrected chi connectivity index (χ4v) is 2.44. The fourth-order valence-electron chi connectivity index (χ4n) is 2.08. The summed E-state index contributed by atoms with van der Waals surface area (Å²) in [5.41, 5.74) is 1.05. The van der Waals surface area contributed by atoms with E-state index < -0.39 is 0 Å². The van der Waals surface area contributed by atoms with Crippen LogP contribution >= 0.6 is 11.6 Å². The second-order valence-corrected chi connectivity index (χ2v) is 4.82. The van der Waals surface area contributed by atoms with E-state index in [-0.39, 0.29) is 5.54 Å². The first kappa shape index (κ1) is 12.7. The van der Waals surface area contributed by atoms with Crippen LogP contribution in [0.15, 0.2) is 24.3 Å². The molecule has 1 aromatic carbocycles. The summed E-state index contributed by atoms with van der Waals surface area (Å²) in [5.74, 6) is 0.894. The molecule has 94 valence electrons. The van der Waals surface area contributed by atoms with Crippen LogP contribution in [0.2, 0.25) is 0 Å². The minimum absolute atomic E-state index is 0.0226. The molecule has 0 aromatic heterocycles. The molecule has 0 aliphatic carbocycles. The maximum absolute atomic E-state index is 9.40. The summed E-state index contributed by atoms with van der Waals surface area (Å²) in [6.45, 7) is 2.25. The number of nitrogens with one attached hydrogen (secondary N) is 1. The lowest BCUT2D eigenvalue weighted by Gasteiger charge is -2.36. The lowest BCUT2D eigenvalue weighted by molar-refractivity contribution is 0.0459. The van der Waals surface area contributed by atoms with Gasteiger partial charge in [-0.05, 0) is 30.5 Å². The van der Waals surface area contributed by atoms with Crippen LogP contribution in [-0.2, 0) is 11.3 Å². The van der Waals surface area contributed by atoms with Gasteiger partial charge in [0, 0.05) is 31.2 Å². The van der Waals surface area contributed by atoms with E-state index in [4.69, 9.17) is 16.3 Å². The second kappa shape index (κ2) is 5.71. The summed E-state index contributed by atoms with van der Waals surface area (Å²) in [4.78, 5) is 0. The van der Waals surface area contributed by atoms with Crippen molar-refractivity contribution in [1.29, 1.82) is 0 Å². The largest absolute Gasteiger partial charge is 0.508 e. The second-order valence-electron chi connectivity index (χ2n) is 4.55. The zero-order chi connectivity index (χ0) is 12.1. The van der Waals surface area contributed by atoms with E-state index in [1.165, 1.54) is 0 Å². The van der Waals surface area contributed by atoms with Gasteiger partial charge in [0.05, 0.1) is 0 Å². The van der Waals surface area contributed by atoms with E-state index in [0.717, 1.165) is 38.2 Å². The first-order chi connectivity index (χ1) is 8.24. The summed E-state index contributed by atoms with van der Waals surface area (Å²) in [5, 5.41) is 12.9. The first-order valence-corrected chi connectivity index (χ1v) is 6.44. The maximum Gasteiger partial charge on any atom is 0.115 e. The van der Waals surface area contributed by atoms with E-state index in [9.17, 15) is 5.11 Å². The van der Waals surface area contributed by atoms with Crippen LogP contribution in [0.4, 0.5) is 0 Å². The van der Waals surface area contributed by atoms with Gasteiger partial charge in [0.25, 0.3) is 0 Å². The molecule has 0 atom stereocenters. The van der Waals surface area contributed by atoms with Crippen LogP contribution in [0.5, 0.6) is 5.75 Å². The number of benzene rings is 1. The molecule has 0 bridgehead atoms. The number of phenols is 1. The van der Waals surface area contributed by atoms with Crippen LogP contribution in [0.1, 0.15) is 18.4 Å².